The van der Waals surface area contributed by atoms with Gasteiger partial charge in [0.25, 0.3) is 5.91 Å². The van der Waals surface area contributed by atoms with Crippen LogP contribution in [-0.4, -0.2) is 55.8 Å². The second-order valence-corrected chi connectivity index (χ2v) is 5.34. The van der Waals surface area contributed by atoms with E-state index in [9.17, 15) is 19.1 Å². The minimum atomic E-state index is -1.12. The molecule has 120 valence electrons. The number of carbonyl (C=O) groups excluding carboxylic acids is 1. The largest absolute Gasteiger partial charge is 0.496 e. The van der Waals surface area contributed by atoms with Crippen LogP contribution in [0.3, 0.4) is 0 Å². The Balaban J connectivity index is 2.25. The number of carboxylic acid groups (broad SMARTS) is 1. The van der Waals surface area contributed by atoms with E-state index in [0.717, 1.165) is 6.07 Å². The molecule has 1 fully saturated rings. The van der Waals surface area contributed by atoms with E-state index in [1.165, 1.54) is 31.3 Å². The summed E-state index contributed by atoms with van der Waals surface area (Å²) in [6.07, 6.45) is 0.291. The number of nitrogens with zero attached hydrogens (tertiary/aromatic N) is 1. The summed E-state index contributed by atoms with van der Waals surface area (Å²) < 4.78 is 23.4. The number of ether oxygens (including phenoxy) is 2. The lowest BCUT2D eigenvalue weighted by Crippen LogP contribution is -2.40. The molecule has 1 heterocycles. The van der Waals surface area contributed by atoms with Gasteiger partial charge < -0.3 is 19.5 Å². The van der Waals surface area contributed by atoms with Gasteiger partial charge in [-0.15, -0.1) is 0 Å². The molecule has 0 aliphatic carbocycles. The molecular formula is C15H18FNO5. The van der Waals surface area contributed by atoms with Crippen LogP contribution in [0, 0.1) is 11.2 Å². The summed E-state index contributed by atoms with van der Waals surface area (Å²) in [5, 5.41) is 9.41. The molecule has 0 spiro atoms. The zero-order valence-corrected chi connectivity index (χ0v) is 12.5. The lowest BCUT2D eigenvalue weighted by atomic mass is 9.88. The van der Waals surface area contributed by atoms with Crippen molar-refractivity contribution in [1.82, 2.24) is 4.90 Å². The molecule has 6 nitrogen and oxygen atoms in total. The Morgan fingerprint density at radius 2 is 2.14 bits per heavy atom. The van der Waals surface area contributed by atoms with Gasteiger partial charge in [-0.1, -0.05) is 0 Å². The van der Waals surface area contributed by atoms with E-state index in [-0.39, 0.29) is 31.0 Å². The smallest absolute Gasteiger partial charge is 0.313 e. The van der Waals surface area contributed by atoms with Crippen LogP contribution in [0.15, 0.2) is 18.2 Å². The lowest BCUT2D eigenvalue weighted by Gasteiger charge is -2.24. The third kappa shape index (κ3) is 2.89. The number of carboxylic acids is 1. The number of carbonyl (C=O) groups is 2. The van der Waals surface area contributed by atoms with E-state index in [4.69, 9.17) is 9.47 Å². The van der Waals surface area contributed by atoms with E-state index in [1.54, 1.807) is 0 Å². The van der Waals surface area contributed by atoms with Gasteiger partial charge in [0.1, 0.15) is 17.0 Å². The molecule has 1 saturated heterocycles. The highest BCUT2D eigenvalue weighted by Crippen LogP contribution is 2.33. The third-order valence-electron chi connectivity index (χ3n) is 3.91. The summed E-state index contributed by atoms with van der Waals surface area (Å²) in [6, 6.07) is 3.67. The molecular weight excluding hydrogens is 293 g/mol. The fraction of sp³-hybridized carbons (Fsp3) is 0.467. The molecule has 0 saturated carbocycles. The summed E-state index contributed by atoms with van der Waals surface area (Å²) in [4.78, 5) is 25.4. The molecule has 1 aromatic carbocycles. The maximum Gasteiger partial charge on any atom is 0.313 e. The second kappa shape index (κ2) is 6.31. The highest BCUT2D eigenvalue weighted by molar-refractivity contribution is 5.97. The maximum absolute atomic E-state index is 13.4. The summed E-state index contributed by atoms with van der Waals surface area (Å²) in [6.45, 7) is 0.315. The standard InChI is InChI=1S/C15H18FNO5/c1-21-9-15(14(19)20)5-6-17(8-15)13(18)11-7-10(16)3-4-12(11)22-2/h3-4,7H,5-6,8-9H2,1-2H3,(H,19,20). The Bertz CT molecular complexity index is 591. The van der Waals surface area contributed by atoms with Gasteiger partial charge >= 0.3 is 5.97 Å². The first-order chi connectivity index (χ1) is 10.4. The summed E-state index contributed by atoms with van der Waals surface area (Å²) in [5.74, 6) is -1.75. The summed E-state index contributed by atoms with van der Waals surface area (Å²) >= 11 is 0. The topological polar surface area (TPSA) is 76.1 Å². The zero-order valence-electron chi connectivity index (χ0n) is 12.5. The van der Waals surface area contributed by atoms with E-state index in [2.05, 4.69) is 0 Å². The van der Waals surface area contributed by atoms with E-state index in [0.29, 0.717) is 6.42 Å². The van der Waals surface area contributed by atoms with Crippen LogP contribution >= 0.6 is 0 Å². The van der Waals surface area contributed by atoms with Gasteiger partial charge in [0.15, 0.2) is 0 Å². The van der Waals surface area contributed by atoms with Crippen LogP contribution in [0.5, 0.6) is 5.75 Å². The Hall–Kier alpha value is -2.15. The minimum absolute atomic E-state index is 0.0202. The van der Waals surface area contributed by atoms with Crippen LogP contribution in [0.1, 0.15) is 16.8 Å². The Morgan fingerprint density at radius 1 is 1.41 bits per heavy atom. The lowest BCUT2D eigenvalue weighted by molar-refractivity contribution is -0.151. The molecule has 1 aromatic rings. The predicted molar refractivity (Wildman–Crippen MR) is 75.4 cm³/mol. The first kappa shape index (κ1) is 16.2. The normalized spacial score (nSPS) is 21.0. The van der Waals surface area contributed by atoms with Crippen molar-refractivity contribution in [3.8, 4) is 5.75 Å². The van der Waals surface area contributed by atoms with Crippen molar-refractivity contribution in [3.63, 3.8) is 0 Å². The molecule has 1 amide bonds. The number of benzene rings is 1. The number of likely N-dealkylation sites (tertiary alicyclic amines) is 1. The average Bonchev–Trinajstić information content (AvgIpc) is 2.92. The molecule has 7 heteroatoms. The van der Waals surface area contributed by atoms with Crippen molar-refractivity contribution in [2.75, 3.05) is 33.9 Å². The highest BCUT2D eigenvalue weighted by atomic mass is 19.1. The van der Waals surface area contributed by atoms with Crippen LogP contribution < -0.4 is 4.74 Å². The van der Waals surface area contributed by atoms with E-state index in [1.807, 2.05) is 0 Å². The average molecular weight is 311 g/mol. The molecule has 1 atom stereocenters. The van der Waals surface area contributed by atoms with Crippen LogP contribution in [0.2, 0.25) is 0 Å². The molecule has 0 radical (unpaired) electrons. The quantitative estimate of drug-likeness (QED) is 0.889. The third-order valence-corrected chi connectivity index (χ3v) is 3.91. The number of hydrogen-bond donors (Lipinski definition) is 1. The fourth-order valence-corrected chi connectivity index (χ4v) is 2.69. The maximum atomic E-state index is 13.4. The van der Waals surface area contributed by atoms with Crippen LogP contribution in [-0.2, 0) is 9.53 Å². The highest BCUT2D eigenvalue weighted by Gasteiger charge is 2.46. The van der Waals surface area contributed by atoms with Crippen molar-refractivity contribution in [2.45, 2.75) is 6.42 Å². The van der Waals surface area contributed by atoms with Gasteiger partial charge in [-0.25, -0.2) is 4.39 Å². The van der Waals surface area contributed by atoms with Gasteiger partial charge in [0.2, 0.25) is 0 Å². The molecule has 1 unspecified atom stereocenters. The van der Waals surface area contributed by atoms with Crippen molar-refractivity contribution in [2.24, 2.45) is 5.41 Å². The molecule has 22 heavy (non-hydrogen) atoms. The molecule has 0 aromatic heterocycles. The van der Waals surface area contributed by atoms with Gasteiger partial charge in [-0.05, 0) is 24.6 Å². The molecule has 0 bridgehead atoms. The van der Waals surface area contributed by atoms with Crippen LogP contribution in [0.4, 0.5) is 4.39 Å². The number of halogens is 1. The Kier molecular flexibility index (Phi) is 4.65. The molecule has 1 N–H and O–H groups in total. The van der Waals surface area contributed by atoms with Gasteiger partial charge in [-0.3, -0.25) is 9.59 Å². The van der Waals surface area contributed by atoms with Crippen LogP contribution in [0.25, 0.3) is 0 Å². The fourth-order valence-electron chi connectivity index (χ4n) is 2.69. The summed E-state index contributed by atoms with van der Waals surface area (Å²) in [7, 11) is 2.81. The number of aliphatic carboxylic acids is 1. The number of amides is 1. The SMILES string of the molecule is COCC1(C(=O)O)CCN(C(=O)c2cc(F)ccc2OC)C1. The Labute approximate surface area is 127 Å². The van der Waals surface area contributed by atoms with E-state index < -0.39 is 23.1 Å². The zero-order chi connectivity index (χ0) is 16.3. The van der Waals surface area contributed by atoms with Crippen molar-refractivity contribution in [1.29, 1.82) is 0 Å². The number of rotatable bonds is 5. The molecule has 1 aliphatic rings. The van der Waals surface area contributed by atoms with Gasteiger partial charge in [-0.2, -0.15) is 0 Å². The van der Waals surface area contributed by atoms with Crippen molar-refractivity contribution < 1.29 is 28.6 Å². The monoisotopic (exact) mass is 311 g/mol. The first-order valence-corrected chi connectivity index (χ1v) is 6.78. The Morgan fingerprint density at radius 3 is 2.73 bits per heavy atom. The van der Waals surface area contributed by atoms with Gasteiger partial charge in [0, 0.05) is 20.2 Å². The first-order valence-electron chi connectivity index (χ1n) is 6.78. The number of hydrogen-bond acceptors (Lipinski definition) is 4. The molecule has 1 aliphatic heterocycles. The minimum Gasteiger partial charge on any atom is -0.496 e. The van der Waals surface area contributed by atoms with Crippen molar-refractivity contribution >= 4 is 11.9 Å². The molecule has 2 rings (SSSR count). The van der Waals surface area contributed by atoms with Crippen molar-refractivity contribution in [3.05, 3.63) is 29.6 Å². The number of methoxy groups -OCH3 is 2. The van der Waals surface area contributed by atoms with E-state index >= 15 is 0 Å². The second-order valence-electron chi connectivity index (χ2n) is 5.34. The summed E-state index contributed by atoms with van der Waals surface area (Å²) in [5.41, 5.74) is -1.04. The van der Waals surface area contributed by atoms with Gasteiger partial charge in [0.05, 0.1) is 19.3 Å². The predicted octanol–water partition coefficient (Wildman–Crippen LogP) is 1.40.